The summed E-state index contributed by atoms with van der Waals surface area (Å²) < 4.78 is 5.48. The van der Waals surface area contributed by atoms with Crippen LogP contribution in [-0.2, 0) is 0 Å². The van der Waals surface area contributed by atoms with Gasteiger partial charge in [-0.3, -0.25) is 9.59 Å². The summed E-state index contributed by atoms with van der Waals surface area (Å²) >= 11 is 0. The number of nitrogens with one attached hydrogen (secondary N) is 2. The molecule has 0 radical (unpaired) electrons. The molecule has 0 unspecified atom stereocenters. The number of hydrogen-bond acceptors (Lipinski definition) is 5. The topological polar surface area (TPSA) is 117 Å². The quantitative estimate of drug-likeness (QED) is 0.486. The van der Waals surface area contributed by atoms with Crippen molar-refractivity contribution in [1.82, 2.24) is 19.9 Å². The van der Waals surface area contributed by atoms with Gasteiger partial charge in [-0.1, -0.05) is 12.1 Å². The Hall–Kier alpha value is -3.81. The molecule has 3 heterocycles. The molecule has 1 amide bonds. The third-order valence-corrected chi connectivity index (χ3v) is 5.62. The van der Waals surface area contributed by atoms with Crippen LogP contribution in [0.2, 0.25) is 0 Å². The minimum absolute atomic E-state index is 0.0740. The molecule has 4 N–H and O–H groups in total. The van der Waals surface area contributed by atoms with Gasteiger partial charge in [0, 0.05) is 24.5 Å². The number of carbonyl (C=O) groups excluding carboxylic acids is 1. The lowest BCUT2D eigenvalue weighted by atomic mass is 10.1. The number of nitrogens with zero attached hydrogens (tertiary/aromatic N) is 2. The number of ether oxygens (including phenoxy) is 1. The molecule has 0 saturated carbocycles. The number of methoxy groups -OCH3 is 1. The summed E-state index contributed by atoms with van der Waals surface area (Å²) in [5, 5.41) is 0.655. The number of likely N-dealkylation sites (tertiary alicyclic amines) is 1. The molecule has 0 spiro atoms. The van der Waals surface area contributed by atoms with Gasteiger partial charge >= 0.3 is 0 Å². The van der Waals surface area contributed by atoms with Crippen LogP contribution >= 0.6 is 0 Å². The molecule has 8 nitrogen and oxygen atoms in total. The number of amides is 1. The van der Waals surface area contributed by atoms with Gasteiger partial charge in [0.2, 0.25) is 0 Å². The molecule has 0 bridgehead atoms. The normalized spacial score (nSPS) is 14.0. The van der Waals surface area contributed by atoms with Crippen molar-refractivity contribution in [2.45, 2.75) is 12.8 Å². The van der Waals surface area contributed by atoms with Crippen LogP contribution in [0.15, 0.2) is 41.2 Å². The molecule has 8 heteroatoms. The van der Waals surface area contributed by atoms with E-state index in [9.17, 15) is 9.59 Å². The van der Waals surface area contributed by atoms with Crippen LogP contribution in [0.3, 0.4) is 0 Å². The fourth-order valence-electron chi connectivity index (χ4n) is 4.06. The monoisotopic (exact) mass is 403 g/mol. The van der Waals surface area contributed by atoms with E-state index in [1.54, 1.807) is 18.2 Å². The maximum absolute atomic E-state index is 13.0. The number of aromatic nitrogens is 3. The van der Waals surface area contributed by atoms with Crippen molar-refractivity contribution >= 4 is 33.5 Å². The number of H-pyrrole nitrogens is 2. The van der Waals surface area contributed by atoms with Gasteiger partial charge in [-0.15, -0.1) is 0 Å². The van der Waals surface area contributed by atoms with E-state index >= 15 is 0 Å². The summed E-state index contributed by atoms with van der Waals surface area (Å²) in [6, 6.07) is 10.8. The Labute approximate surface area is 171 Å². The molecule has 30 heavy (non-hydrogen) atoms. The Kier molecular flexibility index (Phi) is 4.20. The van der Waals surface area contributed by atoms with Crippen LogP contribution in [0.25, 0.3) is 33.3 Å². The lowest BCUT2D eigenvalue weighted by Crippen LogP contribution is -2.27. The summed E-state index contributed by atoms with van der Waals surface area (Å²) in [6.45, 7) is 1.48. The average Bonchev–Trinajstić information content (AvgIpc) is 3.40. The van der Waals surface area contributed by atoms with Gasteiger partial charge in [-0.2, -0.15) is 0 Å². The van der Waals surface area contributed by atoms with Crippen molar-refractivity contribution in [3.8, 4) is 17.1 Å². The number of nitrogens with two attached hydrogens (primary N) is 1. The van der Waals surface area contributed by atoms with E-state index in [0.29, 0.717) is 44.6 Å². The highest BCUT2D eigenvalue weighted by Crippen LogP contribution is 2.35. The number of rotatable bonds is 3. The van der Waals surface area contributed by atoms with Crippen molar-refractivity contribution in [1.29, 1.82) is 0 Å². The van der Waals surface area contributed by atoms with Gasteiger partial charge in [0.1, 0.15) is 5.75 Å². The molecule has 2 aromatic heterocycles. The predicted octanol–water partition coefficient (Wildman–Crippen LogP) is 2.90. The molecule has 1 fully saturated rings. The van der Waals surface area contributed by atoms with E-state index in [1.165, 1.54) is 7.11 Å². The lowest BCUT2D eigenvalue weighted by Gasteiger charge is -2.17. The van der Waals surface area contributed by atoms with Crippen LogP contribution in [0.4, 0.5) is 5.69 Å². The third kappa shape index (κ3) is 2.80. The zero-order chi connectivity index (χ0) is 20.8. The standard InChI is InChI=1S/C22H21N5O3/c1-30-17-11-16-12(10-13(17)22(29)27-8-4-5-9-27)18(23)19(25-16)20-21(28)26-15-7-3-2-6-14(15)24-20/h2-3,6-7,10-11,25H,4-5,8-9,23H2,1H3,(H,26,28). The van der Waals surface area contributed by atoms with Crippen LogP contribution in [-0.4, -0.2) is 46.0 Å². The number of benzene rings is 2. The summed E-state index contributed by atoms with van der Waals surface area (Å²) in [7, 11) is 1.53. The molecule has 1 aliphatic rings. The molecule has 152 valence electrons. The fourth-order valence-corrected chi connectivity index (χ4v) is 4.06. The van der Waals surface area contributed by atoms with E-state index in [-0.39, 0.29) is 17.2 Å². The van der Waals surface area contributed by atoms with Gasteiger partial charge in [0.25, 0.3) is 11.5 Å². The first-order valence-electron chi connectivity index (χ1n) is 9.84. The zero-order valence-electron chi connectivity index (χ0n) is 16.5. The van der Waals surface area contributed by atoms with Crippen molar-refractivity contribution < 1.29 is 9.53 Å². The first-order valence-corrected chi connectivity index (χ1v) is 9.84. The molecular formula is C22H21N5O3. The number of nitrogen functional groups attached to an aromatic ring is 1. The maximum Gasteiger partial charge on any atom is 0.276 e. The second kappa shape index (κ2) is 6.91. The first kappa shape index (κ1) is 18.2. The summed E-state index contributed by atoms with van der Waals surface area (Å²) in [6.07, 6.45) is 2.01. The molecule has 5 rings (SSSR count). The van der Waals surface area contributed by atoms with Crippen molar-refractivity contribution in [3.63, 3.8) is 0 Å². The smallest absolute Gasteiger partial charge is 0.276 e. The zero-order valence-corrected chi connectivity index (χ0v) is 16.5. The molecular weight excluding hydrogens is 382 g/mol. The Balaban J connectivity index is 1.68. The Bertz CT molecular complexity index is 1350. The summed E-state index contributed by atoms with van der Waals surface area (Å²) in [5.41, 5.74) is 9.51. The van der Waals surface area contributed by atoms with Crippen LogP contribution in [0.1, 0.15) is 23.2 Å². The Morgan fingerprint density at radius 1 is 1.13 bits per heavy atom. The second-order valence-corrected chi connectivity index (χ2v) is 7.44. The number of aromatic amines is 2. The lowest BCUT2D eigenvalue weighted by molar-refractivity contribution is 0.0789. The molecule has 4 aromatic rings. The molecule has 1 saturated heterocycles. The van der Waals surface area contributed by atoms with Gasteiger partial charge in [-0.25, -0.2) is 4.98 Å². The van der Waals surface area contributed by atoms with Crippen LogP contribution < -0.4 is 16.0 Å². The highest BCUT2D eigenvalue weighted by molar-refractivity contribution is 6.06. The predicted molar refractivity (Wildman–Crippen MR) is 116 cm³/mol. The minimum Gasteiger partial charge on any atom is -0.496 e. The van der Waals surface area contributed by atoms with Crippen LogP contribution in [0.5, 0.6) is 5.75 Å². The highest BCUT2D eigenvalue weighted by atomic mass is 16.5. The Morgan fingerprint density at radius 3 is 2.67 bits per heavy atom. The number of hydrogen-bond donors (Lipinski definition) is 3. The molecule has 0 atom stereocenters. The fraction of sp³-hybridized carbons (Fsp3) is 0.227. The summed E-state index contributed by atoms with van der Waals surface area (Å²) in [5.74, 6) is 0.391. The minimum atomic E-state index is -0.340. The van der Waals surface area contributed by atoms with Crippen LogP contribution in [0, 0.1) is 0 Å². The Morgan fingerprint density at radius 2 is 1.90 bits per heavy atom. The SMILES string of the molecule is COc1cc2[nH]c(-c3nc4ccccc4[nH]c3=O)c(N)c2cc1C(=O)N1CCCC1. The number of fused-ring (bicyclic) bond motifs is 2. The van der Waals surface area contributed by atoms with Gasteiger partial charge < -0.3 is 25.3 Å². The third-order valence-electron chi connectivity index (χ3n) is 5.62. The first-order chi connectivity index (χ1) is 14.6. The largest absolute Gasteiger partial charge is 0.496 e. The van der Waals surface area contributed by atoms with Gasteiger partial charge in [0.05, 0.1) is 40.6 Å². The number of para-hydroxylation sites is 2. The maximum atomic E-state index is 13.0. The second-order valence-electron chi connectivity index (χ2n) is 7.44. The molecule has 0 aliphatic carbocycles. The van der Waals surface area contributed by atoms with E-state index < -0.39 is 0 Å². The van der Waals surface area contributed by atoms with Crippen molar-refractivity contribution in [2.24, 2.45) is 0 Å². The number of carbonyl (C=O) groups is 1. The number of anilines is 1. The van der Waals surface area contributed by atoms with E-state index in [2.05, 4.69) is 15.0 Å². The van der Waals surface area contributed by atoms with E-state index in [1.807, 2.05) is 23.1 Å². The van der Waals surface area contributed by atoms with Crippen molar-refractivity contribution in [3.05, 3.63) is 52.3 Å². The van der Waals surface area contributed by atoms with E-state index in [4.69, 9.17) is 10.5 Å². The summed E-state index contributed by atoms with van der Waals surface area (Å²) in [4.78, 5) is 38.0. The molecule has 2 aromatic carbocycles. The van der Waals surface area contributed by atoms with Gasteiger partial charge in [-0.05, 0) is 31.0 Å². The van der Waals surface area contributed by atoms with Gasteiger partial charge in [0.15, 0.2) is 5.69 Å². The average molecular weight is 403 g/mol. The highest BCUT2D eigenvalue weighted by Gasteiger charge is 2.25. The van der Waals surface area contributed by atoms with E-state index in [0.717, 1.165) is 25.9 Å². The molecule has 1 aliphatic heterocycles. The van der Waals surface area contributed by atoms with Crippen molar-refractivity contribution in [2.75, 3.05) is 25.9 Å².